The Morgan fingerprint density at radius 2 is 1.88 bits per heavy atom. The van der Waals surface area contributed by atoms with Gasteiger partial charge >= 0.3 is 11.9 Å². The van der Waals surface area contributed by atoms with Gasteiger partial charge < -0.3 is 21.3 Å². The fraction of sp³-hybridized carbons (Fsp3) is 0.800. The van der Waals surface area contributed by atoms with Gasteiger partial charge in [-0.25, -0.2) is 4.39 Å². The number of carbonyl (C=O) groups is 2. The molecule has 6 nitrogen and oxygen atoms in total. The van der Waals surface area contributed by atoms with Crippen molar-refractivity contribution in [3.63, 3.8) is 0 Å². The largest absolute Gasteiger partial charge is 0.480 e. The van der Waals surface area contributed by atoms with E-state index in [9.17, 15) is 14.0 Å². The monoisotopic (exact) mass is 250 g/mol. The van der Waals surface area contributed by atoms with Gasteiger partial charge in [0.15, 0.2) is 0 Å². The summed E-state index contributed by atoms with van der Waals surface area (Å²) < 4.78 is 12.4. The van der Waals surface area contributed by atoms with E-state index in [0.29, 0.717) is 0 Å². The van der Waals surface area contributed by atoms with Gasteiger partial charge in [-0.2, -0.15) is 0 Å². The molecule has 5 N–H and O–H groups in total. The predicted molar refractivity (Wildman–Crippen MR) is 59.4 cm³/mol. The van der Waals surface area contributed by atoms with Crippen molar-refractivity contribution < 1.29 is 24.2 Å². The van der Waals surface area contributed by atoms with Gasteiger partial charge in [-0.05, 0) is 19.9 Å². The van der Waals surface area contributed by atoms with Gasteiger partial charge in [-0.3, -0.25) is 9.59 Å². The van der Waals surface area contributed by atoms with E-state index >= 15 is 0 Å². The number of carboxylic acids is 2. The predicted octanol–water partition coefficient (Wildman–Crippen LogP) is -0.175. The third kappa shape index (κ3) is 5.60. The number of nitrogens with one attached hydrogen (secondary N) is 1. The molecule has 4 atom stereocenters. The van der Waals surface area contributed by atoms with E-state index < -0.39 is 30.1 Å². The molecule has 1 fully saturated rings. The Morgan fingerprint density at radius 3 is 1.94 bits per heavy atom. The summed E-state index contributed by atoms with van der Waals surface area (Å²) >= 11 is 0. The highest BCUT2D eigenvalue weighted by Gasteiger charge is 2.24. The van der Waals surface area contributed by atoms with E-state index in [1.807, 2.05) is 0 Å². The Bertz CT molecular complexity index is 269. The van der Waals surface area contributed by atoms with E-state index in [0.717, 1.165) is 13.0 Å². The molecule has 0 aliphatic carbocycles. The van der Waals surface area contributed by atoms with Crippen molar-refractivity contribution in [1.82, 2.24) is 5.32 Å². The second kappa shape index (κ2) is 7.18. The Balaban J connectivity index is 0.000000318. The van der Waals surface area contributed by atoms with E-state index in [2.05, 4.69) is 5.32 Å². The van der Waals surface area contributed by atoms with Crippen LogP contribution >= 0.6 is 0 Å². The molecule has 0 bridgehead atoms. The standard InChI is InChI=1S/C6H12FNO2.C4H7NO2/c1-3(4(2)7)5(8)6(9)10;6-4(7)3-1-2-5-3/h3-5H,8H2,1-2H3,(H,9,10);3,5H,1-2H2,(H,6,7)/t;3-/m.0/s1. The van der Waals surface area contributed by atoms with Crippen molar-refractivity contribution in [1.29, 1.82) is 0 Å². The van der Waals surface area contributed by atoms with Crippen LogP contribution in [0.5, 0.6) is 0 Å². The molecule has 1 aliphatic heterocycles. The maximum absolute atomic E-state index is 12.4. The molecule has 1 saturated heterocycles. The zero-order chi connectivity index (χ0) is 13.6. The minimum Gasteiger partial charge on any atom is -0.480 e. The molecule has 0 radical (unpaired) electrons. The number of hydrogen-bond acceptors (Lipinski definition) is 4. The normalized spacial score (nSPS) is 23.4. The van der Waals surface area contributed by atoms with Gasteiger partial charge in [0.05, 0.1) is 0 Å². The molecular weight excluding hydrogens is 231 g/mol. The number of hydrogen-bond donors (Lipinski definition) is 4. The van der Waals surface area contributed by atoms with E-state index in [1.165, 1.54) is 13.8 Å². The summed E-state index contributed by atoms with van der Waals surface area (Å²) in [5.74, 6) is -2.51. The number of nitrogens with two attached hydrogens (primary N) is 1. The number of rotatable bonds is 4. The zero-order valence-electron chi connectivity index (χ0n) is 9.89. The van der Waals surface area contributed by atoms with Crippen LogP contribution in [0.1, 0.15) is 20.3 Å². The van der Waals surface area contributed by atoms with Crippen molar-refractivity contribution >= 4 is 11.9 Å². The topological polar surface area (TPSA) is 113 Å². The van der Waals surface area contributed by atoms with Gasteiger partial charge in [-0.15, -0.1) is 0 Å². The Morgan fingerprint density at radius 1 is 1.41 bits per heavy atom. The van der Waals surface area contributed by atoms with Crippen LogP contribution in [0.15, 0.2) is 0 Å². The maximum atomic E-state index is 12.4. The minimum absolute atomic E-state index is 0.250. The second-order valence-corrected chi connectivity index (χ2v) is 4.03. The third-order valence-electron chi connectivity index (χ3n) is 2.70. The molecule has 0 saturated carbocycles. The molecule has 0 amide bonds. The van der Waals surface area contributed by atoms with Crippen molar-refractivity contribution in [2.75, 3.05) is 6.54 Å². The smallest absolute Gasteiger partial charge is 0.320 e. The summed E-state index contributed by atoms with van der Waals surface area (Å²) in [6, 6.07) is -1.35. The maximum Gasteiger partial charge on any atom is 0.320 e. The number of aliphatic carboxylic acids is 2. The number of carboxylic acid groups (broad SMARTS) is 2. The summed E-state index contributed by atoms with van der Waals surface area (Å²) in [5, 5.41) is 19.2. The SMILES string of the molecule is CC(F)C(C)C(N)C(=O)O.O=C(O)[C@@H]1CCN1. The first kappa shape index (κ1) is 15.8. The summed E-state index contributed by atoms with van der Waals surface area (Å²) in [6.45, 7) is 3.63. The van der Waals surface area contributed by atoms with Crippen LogP contribution in [0.4, 0.5) is 4.39 Å². The molecule has 1 heterocycles. The van der Waals surface area contributed by atoms with Crippen molar-refractivity contribution in [3.05, 3.63) is 0 Å². The average molecular weight is 250 g/mol. The molecule has 0 aromatic rings. The summed E-state index contributed by atoms with van der Waals surface area (Å²) in [4.78, 5) is 20.1. The van der Waals surface area contributed by atoms with E-state index in [1.54, 1.807) is 0 Å². The zero-order valence-corrected chi connectivity index (χ0v) is 9.89. The first-order valence-corrected chi connectivity index (χ1v) is 5.36. The number of alkyl halides is 1. The van der Waals surface area contributed by atoms with Crippen molar-refractivity contribution in [2.24, 2.45) is 11.7 Å². The molecule has 0 spiro atoms. The fourth-order valence-corrected chi connectivity index (χ4v) is 1.01. The lowest BCUT2D eigenvalue weighted by atomic mass is 9.99. The van der Waals surface area contributed by atoms with Crippen molar-refractivity contribution in [2.45, 2.75) is 38.5 Å². The molecule has 3 unspecified atom stereocenters. The lowest BCUT2D eigenvalue weighted by Gasteiger charge is -2.22. The summed E-state index contributed by atoms with van der Waals surface area (Å²) in [6.07, 6.45) is -0.388. The summed E-state index contributed by atoms with van der Waals surface area (Å²) in [5.41, 5.74) is 5.12. The lowest BCUT2D eigenvalue weighted by molar-refractivity contribution is -0.141. The summed E-state index contributed by atoms with van der Waals surface area (Å²) in [7, 11) is 0. The molecule has 0 aromatic heterocycles. The first-order valence-electron chi connectivity index (χ1n) is 5.36. The highest BCUT2D eigenvalue weighted by atomic mass is 19.1. The molecule has 7 heteroatoms. The molecule has 1 rings (SSSR count). The Labute approximate surface area is 99.0 Å². The second-order valence-electron chi connectivity index (χ2n) is 4.03. The van der Waals surface area contributed by atoms with Crippen LogP contribution in [0, 0.1) is 5.92 Å². The van der Waals surface area contributed by atoms with Crippen molar-refractivity contribution in [3.8, 4) is 0 Å². The van der Waals surface area contributed by atoms with Crippen LogP contribution in [-0.2, 0) is 9.59 Å². The van der Waals surface area contributed by atoms with Gasteiger partial charge in [0.1, 0.15) is 18.3 Å². The van der Waals surface area contributed by atoms with Gasteiger partial charge in [0, 0.05) is 5.92 Å². The van der Waals surface area contributed by atoms with Crippen LogP contribution in [0.2, 0.25) is 0 Å². The van der Waals surface area contributed by atoms with Crippen LogP contribution in [0.25, 0.3) is 0 Å². The Hall–Kier alpha value is -1.21. The Kier molecular flexibility index (Phi) is 6.67. The first-order chi connectivity index (χ1) is 7.77. The third-order valence-corrected chi connectivity index (χ3v) is 2.70. The minimum atomic E-state index is -1.17. The molecule has 100 valence electrons. The van der Waals surface area contributed by atoms with Gasteiger partial charge in [0.25, 0.3) is 0 Å². The van der Waals surface area contributed by atoms with Crippen LogP contribution in [0.3, 0.4) is 0 Å². The van der Waals surface area contributed by atoms with Crippen LogP contribution < -0.4 is 11.1 Å². The highest BCUT2D eigenvalue weighted by Crippen LogP contribution is 2.09. The molecule has 17 heavy (non-hydrogen) atoms. The van der Waals surface area contributed by atoms with E-state index in [4.69, 9.17) is 15.9 Å². The quantitative estimate of drug-likeness (QED) is 0.551. The van der Waals surface area contributed by atoms with Crippen LogP contribution in [-0.4, -0.2) is 47.0 Å². The van der Waals surface area contributed by atoms with Gasteiger partial charge in [0.2, 0.25) is 0 Å². The molecule has 1 aliphatic rings. The van der Waals surface area contributed by atoms with E-state index in [-0.39, 0.29) is 6.04 Å². The van der Waals surface area contributed by atoms with Gasteiger partial charge in [-0.1, -0.05) is 6.92 Å². The lowest BCUT2D eigenvalue weighted by Crippen LogP contribution is -2.48. The fourth-order valence-electron chi connectivity index (χ4n) is 1.01. The molecule has 0 aromatic carbocycles. The molecular formula is C10H19FN2O4. The average Bonchev–Trinajstić information content (AvgIpc) is 2.12. The highest BCUT2D eigenvalue weighted by molar-refractivity contribution is 5.74. The number of halogens is 1.